The highest BCUT2D eigenvalue weighted by molar-refractivity contribution is 6.38. The lowest BCUT2D eigenvalue weighted by Crippen LogP contribution is -2.16. The van der Waals surface area contributed by atoms with Gasteiger partial charge in [0.25, 0.3) is 0 Å². The number of benzene rings is 1. The highest BCUT2D eigenvalue weighted by atomic mass is 35.5. The van der Waals surface area contributed by atoms with E-state index >= 15 is 0 Å². The molecule has 1 rings (SSSR count). The Hall–Kier alpha value is -2.05. The Morgan fingerprint density at radius 3 is 2.40 bits per heavy atom. The summed E-state index contributed by atoms with van der Waals surface area (Å²) in [5, 5.41) is 3.02. The minimum atomic E-state index is -0.745. The van der Waals surface area contributed by atoms with E-state index in [1.54, 1.807) is 6.92 Å². The molecule has 1 aromatic rings. The number of carbonyl (C=O) groups is 3. The number of ketones is 1. The molecule has 0 aliphatic heterocycles. The number of nitrogens with one attached hydrogen (secondary N) is 1. The molecular weight excluding hydrogens is 369 g/mol. The molecule has 0 aromatic heterocycles. The number of halogens is 2. The van der Waals surface area contributed by atoms with Crippen molar-refractivity contribution in [3.05, 3.63) is 39.5 Å². The van der Waals surface area contributed by atoms with Gasteiger partial charge in [0, 0.05) is 11.2 Å². The van der Waals surface area contributed by atoms with Gasteiger partial charge in [0.2, 0.25) is 0 Å². The lowest BCUT2D eigenvalue weighted by molar-refractivity contribution is -0.140. The molecule has 136 valence electrons. The van der Waals surface area contributed by atoms with Gasteiger partial charge in [-0.1, -0.05) is 30.1 Å². The van der Waals surface area contributed by atoms with Crippen LogP contribution < -0.4 is 5.32 Å². The molecule has 25 heavy (non-hydrogen) atoms. The first-order valence-corrected chi connectivity index (χ1v) is 8.38. The van der Waals surface area contributed by atoms with Crippen LogP contribution in [0.2, 0.25) is 10.0 Å². The van der Waals surface area contributed by atoms with E-state index in [4.69, 9.17) is 32.7 Å². The van der Waals surface area contributed by atoms with Gasteiger partial charge in [0.15, 0.2) is 5.78 Å². The summed E-state index contributed by atoms with van der Waals surface area (Å²) in [6.07, 6.45) is 1.81. The van der Waals surface area contributed by atoms with Crippen LogP contribution in [0.5, 0.6) is 0 Å². The fourth-order valence-electron chi connectivity index (χ4n) is 1.78. The molecule has 0 spiro atoms. The van der Waals surface area contributed by atoms with Gasteiger partial charge >= 0.3 is 11.9 Å². The maximum atomic E-state index is 11.9. The third-order valence-corrected chi connectivity index (χ3v) is 3.57. The maximum Gasteiger partial charge on any atom is 0.343 e. The Labute approximate surface area is 156 Å². The van der Waals surface area contributed by atoms with Gasteiger partial charge in [-0.2, -0.15) is 0 Å². The number of ether oxygens (including phenoxy) is 2. The van der Waals surface area contributed by atoms with Crippen molar-refractivity contribution in [1.29, 1.82) is 0 Å². The van der Waals surface area contributed by atoms with E-state index < -0.39 is 17.7 Å². The second kappa shape index (κ2) is 10.1. The SMILES string of the molecule is CCCOC(=O)C(=CNc1cc(Cl)cc(C(=O)OCC)c1Cl)C(C)=O. The van der Waals surface area contributed by atoms with Gasteiger partial charge < -0.3 is 14.8 Å². The summed E-state index contributed by atoms with van der Waals surface area (Å²) in [4.78, 5) is 35.4. The number of anilines is 1. The molecule has 0 unspecified atom stereocenters. The van der Waals surface area contributed by atoms with Gasteiger partial charge in [-0.25, -0.2) is 9.59 Å². The molecule has 0 fully saturated rings. The Kier molecular flexibility index (Phi) is 8.45. The molecule has 0 atom stereocenters. The highest BCUT2D eigenvalue weighted by Crippen LogP contribution is 2.31. The molecule has 0 amide bonds. The number of hydrogen-bond acceptors (Lipinski definition) is 6. The van der Waals surface area contributed by atoms with Crippen LogP contribution in [0.25, 0.3) is 0 Å². The van der Waals surface area contributed by atoms with Crippen molar-refractivity contribution in [1.82, 2.24) is 0 Å². The standard InChI is InChI=1S/C17H19Cl2NO5/c1-4-6-25-17(23)13(10(3)21)9-20-14-8-11(18)7-12(15(14)19)16(22)24-5-2/h7-9,20H,4-6H2,1-3H3. The summed E-state index contributed by atoms with van der Waals surface area (Å²) in [6.45, 7) is 5.13. The quantitative estimate of drug-likeness (QED) is 0.314. The van der Waals surface area contributed by atoms with Gasteiger partial charge in [-0.15, -0.1) is 0 Å². The second-order valence-corrected chi connectivity index (χ2v) is 5.74. The lowest BCUT2D eigenvalue weighted by atomic mass is 10.2. The van der Waals surface area contributed by atoms with Crippen molar-refractivity contribution in [2.75, 3.05) is 18.5 Å². The Morgan fingerprint density at radius 1 is 1.16 bits per heavy atom. The number of hydrogen-bond donors (Lipinski definition) is 1. The first-order valence-electron chi connectivity index (χ1n) is 7.62. The molecule has 8 heteroatoms. The molecule has 0 heterocycles. The van der Waals surface area contributed by atoms with Crippen LogP contribution in [0.15, 0.2) is 23.9 Å². The van der Waals surface area contributed by atoms with Gasteiger partial charge in [0.05, 0.1) is 29.5 Å². The Morgan fingerprint density at radius 2 is 1.84 bits per heavy atom. The van der Waals surface area contributed by atoms with Crippen molar-refractivity contribution in [2.45, 2.75) is 27.2 Å². The summed E-state index contributed by atoms with van der Waals surface area (Å²) in [6, 6.07) is 2.83. The molecule has 0 aliphatic rings. The van der Waals surface area contributed by atoms with Crippen LogP contribution >= 0.6 is 23.2 Å². The number of esters is 2. The fraction of sp³-hybridized carbons (Fsp3) is 0.353. The van der Waals surface area contributed by atoms with Crippen LogP contribution in [0.3, 0.4) is 0 Å². The molecule has 1 N–H and O–H groups in total. The molecule has 0 saturated heterocycles. The number of rotatable bonds is 8. The minimum absolute atomic E-state index is 0.0592. The monoisotopic (exact) mass is 387 g/mol. The van der Waals surface area contributed by atoms with Gasteiger partial charge in [0.1, 0.15) is 5.57 Å². The van der Waals surface area contributed by atoms with Crippen molar-refractivity contribution in [2.24, 2.45) is 0 Å². The summed E-state index contributed by atoms with van der Waals surface area (Å²) in [5.74, 6) is -1.85. The Balaban J connectivity index is 3.13. The van der Waals surface area contributed by atoms with Crippen LogP contribution in [-0.4, -0.2) is 30.9 Å². The predicted molar refractivity (Wildman–Crippen MR) is 96.1 cm³/mol. The van der Waals surface area contributed by atoms with E-state index in [9.17, 15) is 14.4 Å². The van der Waals surface area contributed by atoms with Crippen LogP contribution in [-0.2, 0) is 19.1 Å². The molecule has 0 aliphatic carbocycles. The van der Waals surface area contributed by atoms with Crippen LogP contribution in [0, 0.1) is 0 Å². The Bertz CT molecular complexity index is 701. The zero-order valence-corrected chi connectivity index (χ0v) is 15.7. The highest BCUT2D eigenvalue weighted by Gasteiger charge is 2.18. The van der Waals surface area contributed by atoms with E-state index in [1.165, 1.54) is 25.3 Å². The van der Waals surface area contributed by atoms with E-state index in [0.29, 0.717) is 6.42 Å². The summed E-state index contributed by atoms with van der Waals surface area (Å²) in [7, 11) is 0. The zero-order valence-electron chi connectivity index (χ0n) is 14.2. The van der Waals surface area contributed by atoms with Crippen molar-refractivity contribution in [3.63, 3.8) is 0 Å². The van der Waals surface area contributed by atoms with Crippen LogP contribution in [0.1, 0.15) is 37.6 Å². The third kappa shape index (κ3) is 6.07. The average Bonchev–Trinajstić information content (AvgIpc) is 2.55. The largest absolute Gasteiger partial charge is 0.462 e. The van der Waals surface area contributed by atoms with E-state index in [2.05, 4.69) is 5.32 Å². The molecule has 0 radical (unpaired) electrons. The number of carbonyl (C=O) groups excluding carboxylic acids is 3. The summed E-state index contributed by atoms with van der Waals surface area (Å²) in [5.41, 5.74) is 0.145. The first kappa shape index (κ1) is 21.0. The molecule has 1 aromatic carbocycles. The predicted octanol–water partition coefficient (Wildman–Crippen LogP) is 4.01. The third-order valence-electron chi connectivity index (χ3n) is 2.94. The second-order valence-electron chi connectivity index (χ2n) is 4.93. The summed E-state index contributed by atoms with van der Waals surface area (Å²) < 4.78 is 9.86. The molecule has 0 bridgehead atoms. The fourth-order valence-corrected chi connectivity index (χ4v) is 2.24. The zero-order chi connectivity index (χ0) is 19.0. The summed E-state index contributed by atoms with van der Waals surface area (Å²) >= 11 is 12.2. The first-order chi connectivity index (χ1) is 11.8. The molecule has 6 nitrogen and oxygen atoms in total. The number of Topliss-reactive ketones (excluding diaryl/α,β-unsaturated/α-hetero) is 1. The maximum absolute atomic E-state index is 11.9. The van der Waals surface area contributed by atoms with Crippen molar-refractivity contribution >= 4 is 46.6 Å². The van der Waals surface area contributed by atoms with E-state index in [-0.39, 0.29) is 40.1 Å². The van der Waals surface area contributed by atoms with Crippen LogP contribution in [0.4, 0.5) is 5.69 Å². The van der Waals surface area contributed by atoms with E-state index in [0.717, 1.165) is 0 Å². The molecular formula is C17H19Cl2NO5. The normalized spacial score (nSPS) is 11.0. The lowest BCUT2D eigenvalue weighted by Gasteiger charge is -2.11. The minimum Gasteiger partial charge on any atom is -0.462 e. The van der Waals surface area contributed by atoms with Gasteiger partial charge in [-0.3, -0.25) is 4.79 Å². The average molecular weight is 388 g/mol. The van der Waals surface area contributed by atoms with Crippen molar-refractivity contribution < 1.29 is 23.9 Å². The van der Waals surface area contributed by atoms with E-state index in [1.807, 2.05) is 6.92 Å². The smallest absolute Gasteiger partial charge is 0.343 e. The molecule has 0 saturated carbocycles. The van der Waals surface area contributed by atoms with Crippen molar-refractivity contribution in [3.8, 4) is 0 Å². The topological polar surface area (TPSA) is 81.7 Å². The van der Waals surface area contributed by atoms with Gasteiger partial charge in [-0.05, 0) is 32.4 Å².